The standard InChI is InChI=1S/C27H24N4O4/c1-31(23-12-3-2-4-13-23)27(34)19-8-5-10-21(16-19)29-25(32)18-28-20-9-6-11-22(17-20)30-26(33)24-14-7-15-35-24/h2-17,28H,18H2,1H3,(H,29,32)(H,30,33). The molecule has 8 nitrogen and oxygen atoms in total. The molecule has 0 aliphatic heterocycles. The van der Waals surface area contributed by atoms with Crippen LogP contribution in [-0.2, 0) is 4.79 Å². The van der Waals surface area contributed by atoms with E-state index in [1.54, 1.807) is 72.6 Å². The van der Waals surface area contributed by atoms with Gasteiger partial charge in [0.15, 0.2) is 5.76 Å². The van der Waals surface area contributed by atoms with Crippen LogP contribution in [0.15, 0.2) is 102 Å². The summed E-state index contributed by atoms with van der Waals surface area (Å²) in [5.41, 5.74) is 2.97. The zero-order chi connectivity index (χ0) is 24.6. The van der Waals surface area contributed by atoms with Gasteiger partial charge in [-0.3, -0.25) is 14.4 Å². The number of anilines is 4. The molecule has 0 aliphatic carbocycles. The lowest BCUT2D eigenvalue weighted by Gasteiger charge is -2.17. The Morgan fingerprint density at radius 1 is 0.771 bits per heavy atom. The molecular weight excluding hydrogens is 444 g/mol. The number of hydrogen-bond acceptors (Lipinski definition) is 5. The van der Waals surface area contributed by atoms with Crippen molar-refractivity contribution in [2.24, 2.45) is 0 Å². The minimum atomic E-state index is -0.364. The zero-order valence-electron chi connectivity index (χ0n) is 19.0. The molecular formula is C27H24N4O4. The SMILES string of the molecule is CN(C(=O)c1cccc(NC(=O)CNc2cccc(NC(=O)c3ccco3)c2)c1)c1ccccc1. The van der Waals surface area contributed by atoms with Gasteiger partial charge in [-0.2, -0.15) is 0 Å². The molecule has 0 bridgehead atoms. The molecule has 0 aliphatic rings. The molecule has 0 radical (unpaired) electrons. The van der Waals surface area contributed by atoms with Crippen LogP contribution in [0.3, 0.4) is 0 Å². The smallest absolute Gasteiger partial charge is 0.291 e. The van der Waals surface area contributed by atoms with Crippen molar-refractivity contribution in [3.05, 3.63) is 109 Å². The Balaban J connectivity index is 1.33. The Morgan fingerprint density at radius 2 is 1.49 bits per heavy atom. The number of nitrogens with zero attached hydrogens (tertiary/aromatic N) is 1. The maximum atomic E-state index is 12.8. The van der Waals surface area contributed by atoms with Gasteiger partial charge in [0.1, 0.15) is 0 Å². The first-order valence-corrected chi connectivity index (χ1v) is 10.9. The molecule has 0 saturated heterocycles. The highest BCUT2D eigenvalue weighted by Crippen LogP contribution is 2.18. The summed E-state index contributed by atoms with van der Waals surface area (Å²) in [6.07, 6.45) is 1.43. The molecule has 0 unspecified atom stereocenters. The normalized spacial score (nSPS) is 10.3. The van der Waals surface area contributed by atoms with Gasteiger partial charge < -0.3 is 25.3 Å². The molecule has 1 heterocycles. The van der Waals surface area contributed by atoms with Crippen LogP contribution >= 0.6 is 0 Å². The summed E-state index contributed by atoms with van der Waals surface area (Å²) in [7, 11) is 1.71. The van der Waals surface area contributed by atoms with Crippen LogP contribution in [0.25, 0.3) is 0 Å². The molecule has 4 aromatic rings. The molecule has 0 saturated carbocycles. The van der Waals surface area contributed by atoms with E-state index in [0.717, 1.165) is 5.69 Å². The fraction of sp³-hybridized carbons (Fsp3) is 0.0741. The molecule has 4 rings (SSSR count). The first-order valence-electron chi connectivity index (χ1n) is 10.9. The third-order valence-corrected chi connectivity index (χ3v) is 5.16. The summed E-state index contributed by atoms with van der Waals surface area (Å²) in [6, 6.07) is 26.3. The van der Waals surface area contributed by atoms with Gasteiger partial charge >= 0.3 is 0 Å². The Hall–Kier alpha value is -4.85. The van der Waals surface area contributed by atoms with E-state index in [1.807, 2.05) is 30.3 Å². The number of carbonyl (C=O) groups is 3. The predicted octanol–water partition coefficient (Wildman–Crippen LogP) is 4.86. The number of furan rings is 1. The van der Waals surface area contributed by atoms with Gasteiger partial charge in [0.25, 0.3) is 11.8 Å². The van der Waals surface area contributed by atoms with Crippen LogP contribution in [0.4, 0.5) is 22.7 Å². The molecule has 8 heteroatoms. The summed E-state index contributed by atoms with van der Waals surface area (Å²) in [5, 5.41) is 8.57. The van der Waals surface area contributed by atoms with Crippen molar-refractivity contribution < 1.29 is 18.8 Å². The van der Waals surface area contributed by atoms with E-state index in [9.17, 15) is 14.4 Å². The van der Waals surface area contributed by atoms with Gasteiger partial charge in [0.2, 0.25) is 5.91 Å². The summed E-state index contributed by atoms with van der Waals surface area (Å²) >= 11 is 0. The molecule has 176 valence electrons. The first-order chi connectivity index (χ1) is 17.0. The first kappa shape index (κ1) is 23.3. The molecule has 3 N–H and O–H groups in total. The van der Waals surface area contributed by atoms with Crippen LogP contribution in [0.5, 0.6) is 0 Å². The molecule has 0 atom stereocenters. The Morgan fingerprint density at radius 3 is 2.23 bits per heavy atom. The number of carbonyl (C=O) groups excluding carboxylic acids is 3. The lowest BCUT2D eigenvalue weighted by Crippen LogP contribution is -2.26. The van der Waals surface area contributed by atoms with E-state index in [2.05, 4.69) is 16.0 Å². The summed E-state index contributed by atoms with van der Waals surface area (Å²) < 4.78 is 5.09. The maximum absolute atomic E-state index is 12.8. The quantitative estimate of drug-likeness (QED) is 0.343. The third-order valence-electron chi connectivity index (χ3n) is 5.16. The molecule has 35 heavy (non-hydrogen) atoms. The second kappa shape index (κ2) is 10.8. The van der Waals surface area contributed by atoms with Crippen molar-refractivity contribution in [2.75, 3.05) is 34.4 Å². The fourth-order valence-electron chi connectivity index (χ4n) is 3.39. The van der Waals surface area contributed by atoms with E-state index in [0.29, 0.717) is 22.6 Å². The number of benzene rings is 3. The molecule has 1 aromatic heterocycles. The lowest BCUT2D eigenvalue weighted by atomic mass is 10.1. The van der Waals surface area contributed by atoms with Crippen LogP contribution in [-0.4, -0.2) is 31.3 Å². The van der Waals surface area contributed by atoms with E-state index in [4.69, 9.17) is 4.42 Å². The van der Waals surface area contributed by atoms with Crippen LogP contribution in [0.2, 0.25) is 0 Å². The van der Waals surface area contributed by atoms with Gasteiger partial charge in [-0.15, -0.1) is 0 Å². The number of amides is 3. The zero-order valence-corrected chi connectivity index (χ0v) is 19.0. The van der Waals surface area contributed by atoms with Gasteiger partial charge in [0, 0.05) is 35.4 Å². The summed E-state index contributed by atoms with van der Waals surface area (Å²) in [4.78, 5) is 39.0. The maximum Gasteiger partial charge on any atom is 0.291 e. The highest BCUT2D eigenvalue weighted by atomic mass is 16.3. The average molecular weight is 469 g/mol. The van der Waals surface area contributed by atoms with Gasteiger partial charge in [-0.25, -0.2) is 0 Å². The largest absolute Gasteiger partial charge is 0.459 e. The second-order valence-electron chi connectivity index (χ2n) is 7.69. The Kier molecular flexibility index (Phi) is 7.22. The minimum Gasteiger partial charge on any atom is -0.459 e. The average Bonchev–Trinajstić information content (AvgIpc) is 3.43. The van der Waals surface area contributed by atoms with Crippen molar-refractivity contribution in [1.29, 1.82) is 0 Å². The van der Waals surface area contributed by atoms with Crippen molar-refractivity contribution in [1.82, 2.24) is 0 Å². The predicted molar refractivity (Wildman–Crippen MR) is 136 cm³/mol. The van der Waals surface area contributed by atoms with E-state index < -0.39 is 0 Å². The highest BCUT2D eigenvalue weighted by Gasteiger charge is 2.14. The topological polar surface area (TPSA) is 104 Å². The van der Waals surface area contributed by atoms with Crippen LogP contribution in [0.1, 0.15) is 20.9 Å². The lowest BCUT2D eigenvalue weighted by molar-refractivity contribution is -0.114. The molecule has 3 aromatic carbocycles. The van der Waals surface area contributed by atoms with Crippen molar-refractivity contribution >= 4 is 40.5 Å². The van der Waals surface area contributed by atoms with Crippen molar-refractivity contribution in [3.8, 4) is 0 Å². The van der Waals surface area contributed by atoms with Gasteiger partial charge in [-0.1, -0.05) is 30.3 Å². The van der Waals surface area contributed by atoms with E-state index >= 15 is 0 Å². The Labute approximate surface area is 202 Å². The van der Waals surface area contributed by atoms with Crippen molar-refractivity contribution in [3.63, 3.8) is 0 Å². The number of nitrogens with one attached hydrogen (secondary N) is 3. The number of rotatable bonds is 8. The van der Waals surface area contributed by atoms with Crippen molar-refractivity contribution in [2.45, 2.75) is 0 Å². The number of para-hydroxylation sites is 1. The molecule has 3 amide bonds. The van der Waals surface area contributed by atoms with Gasteiger partial charge in [-0.05, 0) is 60.7 Å². The van der Waals surface area contributed by atoms with E-state index in [1.165, 1.54) is 6.26 Å². The fourth-order valence-corrected chi connectivity index (χ4v) is 3.39. The Bertz CT molecular complexity index is 1320. The molecule has 0 spiro atoms. The minimum absolute atomic E-state index is 0.00231. The van der Waals surface area contributed by atoms with Crippen LogP contribution in [0, 0.1) is 0 Å². The highest BCUT2D eigenvalue weighted by molar-refractivity contribution is 6.07. The third kappa shape index (κ3) is 6.14. The monoisotopic (exact) mass is 468 g/mol. The van der Waals surface area contributed by atoms with Crippen LogP contribution < -0.4 is 20.9 Å². The summed E-state index contributed by atoms with van der Waals surface area (Å²) in [5.74, 6) is -0.620. The van der Waals surface area contributed by atoms with Gasteiger partial charge in [0.05, 0.1) is 12.8 Å². The summed E-state index contributed by atoms with van der Waals surface area (Å²) in [6.45, 7) is -0.00231. The molecule has 0 fully saturated rings. The van der Waals surface area contributed by atoms with E-state index in [-0.39, 0.29) is 30.0 Å². The number of hydrogen-bond donors (Lipinski definition) is 3. The second-order valence-corrected chi connectivity index (χ2v) is 7.69.